The Labute approximate surface area is 245 Å². The Morgan fingerprint density at radius 1 is 0.500 bits per heavy atom. The zero-order valence-corrected chi connectivity index (χ0v) is 23.6. The van der Waals surface area contributed by atoms with Crippen LogP contribution < -0.4 is 25.9 Å². The monoisotopic (exact) mass is 543 g/mol. The molecule has 0 saturated carbocycles. The SMILES string of the molecule is Cc1ccc(-c2ccc3c(c2)B2c4cc(-c5ccc(C)cn5)ccc4Oc4c(-c5ccc(C)cn5)ccc(c42)O3)nc1. The van der Waals surface area contributed by atoms with Crippen molar-refractivity contribution in [2.24, 2.45) is 0 Å². The minimum Gasteiger partial charge on any atom is -0.458 e. The zero-order valence-electron chi connectivity index (χ0n) is 23.6. The van der Waals surface area contributed by atoms with E-state index in [0.29, 0.717) is 0 Å². The van der Waals surface area contributed by atoms with Crippen molar-refractivity contribution in [2.75, 3.05) is 0 Å². The van der Waals surface area contributed by atoms with E-state index in [1.807, 2.05) is 43.7 Å². The molecule has 0 spiro atoms. The fraction of sp³-hybridized carbons (Fsp3) is 0.0833. The largest absolute Gasteiger partial charge is 0.458 e. The van der Waals surface area contributed by atoms with Crippen molar-refractivity contribution in [1.29, 1.82) is 0 Å². The van der Waals surface area contributed by atoms with Crippen molar-refractivity contribution in [3.8, 4) is 56.8 Å². The van der Waals surface area contributed by atoms with E-state index in [0.717, 1.165) is 89.8 Å². The molecule has 6 heteroatoms. The highest BCUT2D eigenvalue weighted by Crippen LogP contribution is 2.41. The molecule has 5 nitrogen and oxygen atoms in total. The summed E-state index contributed by atoms with van der Waals surface area (Å²) >= 11 is 0. The molecule has 0 fully saturated rings. The molecule has 0 radical (unpaired) electrons. The van der Waals surface area contributed by atoms with Gasteiger partial charge in [0.05, 0.1) is 17.1 Å². The molecule has 2 aliphatic heterocycles. The van der Waals surface area contributed by atoms with Crippen LogP contribution in [0.15, 0.2) is 104 Å². The van der Waals surface area contributed by atoms with Crippen molar-refractivity contribution in [1.82, 2.24) is 15.0 Å². The lowest BCUT2D eigenvalue weighted by Gasteiger charge is -2.34. The fourth-order valence-corrected chi connectivity index (χ4v) is 5.92. The van der Waals surface area contributed by atoms with Crippen molar-refractivity contribution < 1.29 is 9.47 Å². The van der Waals surface area contributed by atoms with Crippen molar-refractivity contribution in [3.05, 3.63) is 120 Å². The van der Waals surface area contributed by atoms with E-state index >= 15 is 0 Å². The van der Waals surface area contributed by atoms with Gasteiger partial charge in [0.25, 0.3) is 6.71 Å². The summed E-state index contributed by atoms with van der Waals surface area (Å²) in [6, 6.07) is 29.3. The first kappa shape index (κ1) is 24.6. The van der Waals surface area contributed by atoms with Gasteiger partial charge in [0.1, 0.15) is 23.0 Å². The molecule has 2 aliphatic rings. The standard InChI is InChI=1S/C36H26BN3O2/c1-21-4-10-29(38-18-21)24-7-13-32-27(16-24)37-28-17-25(30-11-5-22(2)19-39-30)8-14-33(28)42-36-26(9-15-34(41-32)35(36)37)31-12-6-23(3)20-40-31/h4-20H,1-3H3. The van der Waals surface area contributed by atoms with E-state index in [2.05, 4.69) is 80.6 Å². The smallest absolute Gasteiger partial charge is 0.260 e. The second-order valence-corrected chi connectivity index (χ2v) is 11.2. The van der Waals surface area contributed by atoms with E-state index in [-0.39, 0.29) is 6.71 Å². The molecule has 0 unspecified atom stereocenters. The quantitative estimate of drug-likeness (QED) is 0.238. The molecular weight excluding hydrogens is 517 g/mol. The number of ether oxygens (including phenoxy) is 2. The number of benzene rings is 3. The highest BCUT2D eigenvalue weighted by molar-refractivity contribution is 6.98. The lowest BCUT2D eigenvalue weighted by molar-refractivity contribution is 0.465. The molecule has 5 heterocycles. The maximum absolute atomic E-state index is 6.74. The third-order valence-corrected chi connectivity index (χ3v) is 8.12. The number of fused-ring (bicyclic) bond motifs is 4. The summed E-state index contributed by atoms with van der Waals surface area (Å²) in [6.07, 6.45) is 5.71. The topological polar surface area (TPSA) is 57.1 Å². The highest BCUT2D eigenvalue weighted by Gasteiger charge is 2.41. The second-order valence-electron chi connectivity index (χ2n) is 11.2. The molecule has 0 bridgehead atoms. The number of hydrogen-bond acceptors (Lipinski definition) is 5. The summed E-state index contributed by atoms with van der Waals surface area (Å²) in [7, 11) is 0. The Morgan fingerprint density at radius 3 is 1.52 bits per heavy atom. The fourth-order valence-electron chi connectivity index (χ4n) is 5.92. The van der Waals surface area contributed by atoms with Gasteiger partial charge >= 0.3 is 0 Å². The highest BCUT2D eigenvalue weighted by atomic mass is 16.5. The van der Waals surface area contributed by atoms with Crippen LogP contribution >= 0.6 is 0 Å². The molecule has 8 rings (SSSR count). The van der Waals surface area contributed by atoms with Gasteiger partial charge in [-0.25, -0.2) is 0 Å². The normalized spacial score (nSPS) is 12.5. The van der Waals surface area contributed by atoms with E-state index in [1.54, 1.807) is 0 Å². The van der Waals surface area contributed by atoms with E-state index in [4.69, 9.17) is 24.4 Å². The van der Waals surface area contributed by atoms with E-state index < -0.39 is 0 Å². The average Bonchev–Trinajstić information content (AvgIpc) is 3.02. The minimum absolute atomic E-state index is 0.108. The lowest BCUT2D eigenvalue weighted by atomic mass is 9.34. The predicted molar refractivity (Wildman–Crippen MR) is 168 cm³/mol. The number of aryl methyl sites for hydroxylation is 3. The van der Waals surface area contributed by atoms with Crippen LogP contribution in [0.4, 0.5) is 0 Å². The predicted octanol–water partition coefficient (Wildman–Crippen LogP) is 6.53. The molecule has 0 aliphatic carbocycles. The second kappa shape index (κ2) is 9.42. The molecule has 200 valence electrons. The zero-order chi connectivity index (χ0) is 28.4. The third kappa shape index (κ3) is 3.98. The van der Waals surface area contributed by atoms with Crippen LogP contribution in [-0.2, 0) is 0 Å². The van der Waals surface area contributed by atoms with Crippen LogP contribution in [0.5, 0.6) is 23.0 Å². The molecule has 0 N–H and O–H groups in total. The van der Waals surface area contributed by atoms with Crippen LogP contribution in [0.25, 0.3) is 33.8 Å². The summed E-state index contributed by atoms with van der Waals surface area (Å²) in [6.45, 7) is 6.04. The molecule has 0 amide bonds. The third-order valence-electron chi connectivity index (χ3n) is 8.12. The molecule has 0 atom stereocenters. The Kier molecular flexibility index (Phi) is 5.51. The Hall–Kier alpha value is -5.23. The molecule has 0 saturated heterocycles. The molecule has 42 heavy (non-hydrogen) atoms. The maximum atomic E-state index is 6.74. The van der Waals surface area contributed by atoms with Gasteiger partial charge in [0.2, 0.25) is 0 Å². The van der Waals surface area contributed by atoms with Crippen LogP contribution in [0.3, 0.4) is 0 Å². The number of rotatable bonds is 3. The first-order valence-electron chi connectivity index (χ1n) is 14.1. The maximum Gasteiger partial charge on any atom is 0.260 e. The van der Waals surface area contributed by atoms with Gasteiger partial charge in [-0.2, -0.15) is 0 Å². The summed E-state index contributed by atoms with van der Waals surface area (Å²) in [5.41, 5.74) is 12.3. The molecule has 3 aromatic carbocycles. The van der Waals surface area contributed by atoms with Gasteiger partial charge < -0.3 is 9.47 Å². The summed E-state index contributed by atoms with van der Waals surface area (Å²) < 4.78 is 13.3. The molecular formula is C36H26BN3O2. The summed E-state index contributed by atoms with van der Waals surface area (Å²) in [4.78, 5) is 14.2. The van der Waals surface area contributed by atoms with Crippen LogP contribution in [0, 0.1) is 20.8 Å². The van der Waals surface area contributed by atoms with E-state index in [9.17, 15) is 0 Å². The van der Waals surface area contributed by atoms with Gasteiger partial charge in [-0.15, -0.1) is 0 Å². The van der Waals surface area contributed by atoms with Crippen molar-refractivity contribution >= 4 is 23.1 Å². The van der Waals surface area contributed by atoms with Gasteiger partial charge in [0, 0.05) is 29.6 Å². The minimum atomic E-state index is -0.108. The van der Waals surface area contributed by atoms with Gasteiger partial charge in [-0.3, -0.25) is 15.0 Å². The number of nitrogens with zero attached hydrogens (tertiary/aromatic N) is 3. The van der Waals surface area contributed by atoms with Gasteiger partial charge in [-0.1, -0.05) is 30.3 Å². The van der Waals surface area contributed by atoms with Crippen LogP contribution in [-0.4, -0.2) is 21.7 Å². The van der Waals surface area contributed by atoms with Crippen LogP contribution in [0.2, 0.25) is 0 Å². The van der Waals surface area contributed by atoms with E-state index in [1.165, 1.54) is 0 Å². The Balaban J connectivity index is 1.36. The molecule has 3 aromatic heterocycles. The molecule has 6 aromatic rings. The Morgan fingerprint density at radius 2 is 1.00 bits per heavy atom. The number of pyridine rings is 3. The van der Waals surface area contributed by atoms with Crippen LogP contribution in [0.1, 0.15) is 16.7 Å². The Bertz CT molecular complexity index is 1950. The van der Waals surface area contributed by atoms with Crippen molar-refractivity contribution in [3.63, 3.8) is 0 Å². The number of aromatic nitrogens is 3. The van der Waals surface area contributed by atoms with Gasteiger partial charge in [-0.05, 0) is 114 Å². The summed E-state index contributed by atoms with van der Waals surface area (Å²) in [5.74, 6) is 3.24. The summed E-state index contributed by atoms with van der Waals surface area (Å²) in [5, 5.41) is 0. The first-order valence-corrected chi connectivity index (χ1v) is 14.1. The first-order chi connectivity index (χ1) is 20.5. The average molecular weight is 543 g/mol. The van der Waals surface area contributed by atoms with Crippen molar-refractivity contribution in [2.45, 2.75) is 20.8 Å². The lowest BCUT2D eigenvalue weighted by Crippen LogP contribution is -2.57. The number of hydrogen-bond donors (Lipinski definition) is 0. The van der Waals surface area contributed by atoms with Gasteiger partial charge in [0.15, 0.2) is 0 Å².